The van der Waals surface area contributed by atoms with Crippen molar-refractivity contribution in [3.63, 3.8) is 0 Å². The summed E-state index contributed by atoms with van der Waals surface area (Å²) < 4.78 is 10.6. The Morgan fingerprint density at radius 3 is 2.87 bits per heavy atom. The predicted octanol–water partition coefficient (Wildman–Crippen LogP) is 3.39. The van der Waals surface area contributed by atoms with Gasteiger partial charge in [0.05, 0.1) is 29.1 Å². The van der Waals surface area contributed by atoms with Gasteiger partial charge in [0.1, 0.15) is 5.76 Å². The third-order valence-corrected chi connectivity index (χ3v) is 4.03. The Kier molecular flexibility index (Phi) is 4.99. The molecule has 8 heteroatoms. The van der Waals surface area contributed by atoms with E-state index in [2.05, 4.69) is 15.5 Å². The van der Waals surface area contributed by atoms with Gasteiger partial charge in [-0.1, -0.05) is 35.5 Å². The molecule has 2 aromatic heterocycles. The number of amides is 1. The minimum atomic E-state index is -0.149. The normalized spacial score (nSPS) is 10.7. The first-order chi connectivity index (χ1) is 11.2. The molecule has 6 nitrogen and oxygen atoms in total. The zero-order chi connectivity index (χ0) is 16.1. The maximum absolute atomic E-state index is 11.8. The maximum Gasteiger partial charge on any atom is 0.277 e. The van der Waals surface area contributed by atoms with E-state index in [-0.39, 0.29) is 11.7 Å². The number of nitrogens with one attached hydrogen (secondary N) is 1. The highest BCUT2D eigenvalue weighted by molar-refractivity contribution is 7.99. The first-order valence-corrected chi connectivity index (χ1v) is 8.09. The summed E-state index contributed by atoms with van der Waals surface area (Å²) in [6, 6.07) is 10.8. The number of thioether (sulfide) groups is 1. The third-order valence-electron chi connectivity index (χ3n) is 2.88. The van der Waals surface area contributed by atoms with Gasteiger partial charge in [-0.25, -0.2) is 0 Å². The highest BCUT2D eigenvalue weighted by Crippen LogP contribution is 2.28. The Bertz CT molecular complexity index is 789. The van der Waals surface area contributed by atoms with Crippen LogP contribution in [-0.2, 0) is 11.3 Å². The monoisotopic (exact) mass is 349 g/mol. The summed E-state index contributed by atoms with van der Waals surface area (Å²) in [5.41, 5.74) is 0.663. The lowest BCUT2D eigenvalue weighted by Crippen LogP contribution is -2.24. The molecule has 118 valence electrons. The average molecular weight is 350 g/mol. The summed E-state index contributed by atoms with van der Waals surface area (Å²) in [6.07, 6.45) is 1.56. The molecule has 0 aliphatic carbocycles. The molecule has 2 heterocycles. The van der Waals surface area contributed by atoms with Crippen LogP contribution in [0.2, 0.25) is 5.02 Å². The van der Waals surface area contributed by atoms with Gasteiger partial charge in [-0.05, 0) is 24.3 Å². The van der Waals surface area contributed by atoms with Gasteiger partial charge in [0.2, 0.25) is 11.8 Å². The van der Waals surface area contributed by atoms with Crippen LogP contribution < -0.4 is 5.32 Å². The fraction of sp³-hybridized carbons (Fsp3) is 0.133. The molecule has 0 aliphatic heterocycles. The Balaban J connectivity index is 1.53. The first-order valence-electron chi connectivity index (χ1n) is 6.72. The molecule has 1 amide bonds. The average Bonchev–Trinajstić information content (AvgIpc) is 3.23. The van der Waals surface area contributed by atoms with Crippen LogP contribution in [0, 0.1) is 0 Å². The summed E-state index contributed by atoms with van der Waals surface area (Å²) in [5, 5.41) is 11.4. The molecule has 0 radical (unpaired) electrons. The van der Waals surface area contributed by atoms with Crippen LogP contribution >= 0.6 is 23.4 Å². The number of rotatable bonds is 6. The van der Waals surface area contributed by atoms with Gasteiger partial charge in [-0.15, -0.1) is 10.2 Å². The molecule has 0 unspecified atom stereocenters. The molecule has 0 spiro atoms. The van der Waals surface area contributed by atoms with E-state index in [1.165, 1.54) is 0 Å². The van der Waals surface area contributed by atoms with E-state index in [9.17, 15) is 4.79 Å². The van der Waals surface area contributed by atoms with Crippen molar-refractivity contribution < 1.29 is 13.6 Å². The quantitative estimate of drug-likeness (QED) is 0.687. The Labute approximate surface area is 141 Å². The number of hydrogen-bond donors (Lipinski definition) is 1. The number of halogens is 1. The van der Waals surface area contributed by atoms with Crippen LogP contribution in [-0.4, -0.2) is 21.9 Å². The molecule has 0 atom stereocenters. The minimum absolute atomic E-state index is 0.149. The summed E-state index contributed by atoms with van der Waals surface area (Å²) in [7, 11) is 0. The molecule has 3 aromatic rings. The fourth-order valence-electron chi connectivity index (χ4n) is 1.79. The van der Waals surface area contributed by atoms with Crippen LogP contribution in [0.4, 0.5) is 0 Å². The topological polar surface area (TPSA) is 81.2 Å². The van der Waals surface area contributed by atoms with Gasteiger partial charge in [0.25, 0.3) is 5.22 Å². The molecular weight excluding hydrogens is 338 g/mol. The first kappa shape index (κ1) is 15.6. The van der Waals surface area contributed by atoms with E-state index >= 15 is 0 Å². The van der Waals surface area contributed by atoms with Gasteiger partial charge >= 0.3 is 0 Å². The molecule has 0 bridgehead atoms. The predicted molar refractivity (Wildman–Crippen MR) is 86.0 cm³/mol. The number of hydrogen-bond acceptors (Lipinski definition) is 6. The van der Waals surface area contributed by atoms with E-state index in [0.29, 0.717) is 34.0 Å². The van der Waals surface area contributed by atoms with Gasteiger partial charge in [0.15, 0.2) is 0 Å². The molecule has 1 N–H and O–H groups in total. The molecule has 0 aliphatic rings. The highest BCUT2D eigenvalue weighted by Gasteiger charge is 2.13. The fourth-order valence-corrected chi connectivity index (χ4v) is 2.60. The molecular formula is C15H12ClN3O3S. The molecule has 23 heavy (non-hydrogen) atoms. The highest BCUT2D eigenvalue weighted by atomic mass is 35.5. The van der Waals surface area contributed by atoms with Crippen molar-refractivity contribution in [1.29, 1.82) is 0 Å². The number of aromatic nitrogens is 2. The van der Waals surface area contributed by atoms with Crippen molar-refractivity contribution in [3.05, 3.63) is 53.4 Å². The third kappa shape index (κ3) is 4.14. The second-order valence-corrected chi connectivity index (χ2v) is 5.83. The van der Waals surface area contributed by atoms with Crippen molar-refractivity contribution >= 4 is 29.3 Å². The minimum Gasteiger partial charge on any atom is -0.467 e. The smallest absolute Gasteiger partial charge is 0.277 e. The standard InChI is InChI=1S/C15H12ClN3O3S/c16-12-6-2-1-5-11(12)14-18-19-15(22-14)23-9-13(20)17-8-10-4-3-7-21-10/h1-7H,8-9H2,(H,17,20). The van der Waals surface area contributed by atoms with Gasteiger partial charge in [-0.2, -0.15) is 0 Å². The lowest BCUT2D eigenvalue weighted by Gasteiger charge is -2.01. The van der Waals surface area contributed by atoms with E-state index < -0.39 is 0 Å². The summed E-state index contributed by atoms with van der Waals surface area (Å²) >= 11 is 7.24. The van der Waals surface area contributed by atoms with E-state index in [1.807, 2.05) is 12.1 Å². The second kappa shape index (κ2) is 7.34. The zero-order valence-corrected chi connectivity index (χ0v) is 13.4. The van der Waals surface area contributed by atoms with Crippen LogP contribution in [0.25, 0.3) is 11.5 Å². The Morgan fingerprint density at radius 2 is 2.09 bits per heavy atom. The number of nitrogens with zero attached hydrogens (tertiary/aromatic N) is 2. The maximum atomic E-state index is 11.8. The number of benzene rings is 1. The van der Waals surface area contributed by atoms with Crippen molar-refractivity contribution in [2.75, 3.05) is 5.75 Å². The zero-order valence-electron chi connectivity index (χ0n) is 11.9. The van der Waals surface area contributed by atoms with Crippen LogP contribution in [0.5, 0.6) is 0 Å². The molecule has 3 rings (SSSR count). The number of carbonyl (C=O) groups is 1. The van der Waals surface area contributed by atoms with Crippen molar-refractivity contribution in [2.45, 2.75) is 11.8 Å². The number of furan rings is 1. The van der Waals surface area contributed by atoms with E-state index in [4.69, 9.17) is 20.4 Å². The largest absolute Gasteiger partial charge is 0.467 e. The Hall–Kier alpha value is -2.25. The molecule has 1 aromatic carbocycles. The lowest BCUT2D eigenvalue weighted by atomic mass is 10.2. The second-order valence-electron chi connectivity index (χ2n) is 4.50. The number of carbonyl (C=O) groups excluding carboxylic acids is 1. The van der Waals surface area contributed by atoms with Gasteiger partial charge in [-0.3, -0.25) is 4.79 Å². The Morgan fingerprint density at radius 1 is 1.22 bits per heavy atom. The van der Waals surface area contributed by atoms with Crippen LogP contribution in [0.15, 0.2) is 56.7 Å². The molecule has 0 saturated heterocycles. The van der Waals surface area contributed by atoms with Crippen LogP contribution in [0.1, 0.15) is 5.76 Å². The van der Waals surface area contributed by atoms with Gasteiger partial charge in [0, 0.05) is 0 Å². The molecule has 0 saturated carbocycles. The summed E-state index contributed by atoms with van der Waals surface area (Å²) in [5.74, 6) is 1.05. The summed E-state index contributed by atoms with van der Waals surface area (Å²) in [6.45, 7) is 0.348. The lowest BCUT2D eigenvalue weighted by molar-refractivity contribution is -0.118. The SMILES string of the molecule is O=C(CSc1nnc(-c2ccccc2Cl)o1)NCc1ccco1. The van der Waals surface area contributed by atoms with E-state index in [1.54, 1.807) is 30.5 Å². The van der Waals surface area contributed by atoms with Gasteiger partial charge < -0.3 is 14.2 Å². The summed E-state index contributed by atoms with van der Waals surface area (Å²) in [4.78, 5) is 11.8. The van der Waals surface area contributed by atoms with Crippen molar-refractivity contribution in [2.24, 2.45) is 0 Å². The van der Waals surface area contributed by atoms with Crippen molar-refractivity contribution in [3.8, 4) is 11.5 Å². The molecule has 0 fully saturated rings. The van der Waals surface area contributed by atoms with Crippen molar-refractivity contribution in [1.82, 2.24) is 15.5 Å². The van der Waals surface area contributed by atoms with E-state index in [0.717, 1.165) is 11.8 Å². The van der Waals surface area contributed by atoms with Crippen LogP contribution in [0.3, 0.4) is 0 Å².